The highest BCUT2D eigenvalue weighted by molar-refractivity contribution is 14.0. The number of rotatable bonds is 7. The van der Waals surface area contributed by atoms with Crippen LogP contribution < -0.4 is 15.4 Å². The van der Waals surface area contributed by atoms with Gasteiger partial charge in [0, 0.05) is 25.6 Å². The monoisotopic (exact) mass is 495 g/mol. The molecule has 1 aliphatic heterocycles. The molecule has 1 aromatic rings. The minimum Gasteiger partial charge on any atom is -0.493 e. The number of hydrogen-bond donors (Lipinski definition) is 2. The fraction of sp³-hybridized carbons (Fsp3) is 0.611. The van der Waals surface area contributed by atoms with Crippen LogP contribution in [0.5, 0.6) is 5.75 Å². The molecule has 6 nitrogen and oxygen atoms in total. The zero-order chi connectivity index (χ0) is 18.3. The van der Waals surface area contributed by atoms with Gasteiger partial charge in [-0.25, -0.2) is 8.42 Å². The fourth-order valence-corrected chi connectivity index (χ4v) is 4.55. The van der Waals surface area contributed by atoms with Gasteiger partial charge in [-0.15, -0.1) is 24.0 Å². The van der Waals surface area contributed by atoms with E-state index in [0.717, 1.165) is 29.8 Å². The second-order valence-corrected chi connectivity index (χ2v) is 8.66. The third-order valence-electron chi connectivity index (χ3n) is 4.15. The Balaban J connectivity index is 0.00000338. The SMILES string of the molecule is CCNC(=NCCCOc1c(C)cccc1C)NC1CCS(=O)(=O)C1.I. The van der Waals surface area contributed by atoms with Crippen molar-refractivity contribution in [3.05, 3.63) is 29.3 Å². The van der Waals surface area contributed by atoms with E-state index in [-0.39, 0.29) is 41.5 Å². The normalized spacial score (nSPS) is 18.9. The Kier molecular flexibility index (Phi) is 9.70. The summed E-state index contributed by atoms with van der Waals surface area (Å²) >= 11 is 0. The maximum absolute atomic E-state index is 11.6. The molecule has 0 saturated carbocycles. The van der Waals surface area contributed by atoms with Crippen LogP contribution >= 0.6 is 24.0 Å². The quantitative estimate of drug-likeness (QED) is 0.263. The summed E-state index contributed by atoms with van der Waals surface area (Å²) in [6, 6.07) is 6.07. The number of ether oxygens (including phenoxy) is 1. The largest absolute Gasteiger partial charge is 0.493 e. The number of aryl methyl sites for hydroxylation is 2. The summed E-state index contributed by atoms with van der Waals surface area (Å²) in [7, 11) is -2.89. The van der Waals surface area contributed by atoms with Gasteiger partial charge in [0.05, 0.1) is 18.1 Å². The van der Waals surface area contributed by atoms with E-state index in [4.69, 9.17) is 4.74 Å². The maximum atomic E-state index is 11.6. The molecule has 26 heavy (non-hydrogen) atoms. The van der Waals surface area contributed by atoms with Crippen molar-refractivity contribution < 1.29 is 13.2 Å². The maximum Gasteiger partial charge on any atom is 0.191 e. The minimum absolute atomic E-state index is 0. The van der Waals surface area contributed by atoms with Gasteiger partial charge < -0.3 is 15.4 Å². The van der Waals surface area contributed by atoms with Gasteiger partial charge >= 0.3 is 0 Å². The summed E-state index contributed by atoms with van der Waals surface area (Å²) in [5, 5.41) is 6.39. The van der Waals surface area contributed by atoms with Gasteiger partial charge in [0.15, 0.2) is 15.8 Å². The molecule has 1 unspecified atom stereocenters. The van der Waals surface area contributed by atoms with Crippen LogP contribution in [0.25, 0.3) is 0 Å². The third kappa shape index (κ3) is 7.30. The van der Waals surface area contributed by atoms with Gasteiger partial charge in [-0.3, -0.25) is 4.99 Å². The number of benzene rings is 1. The van der Waals surface area contributed by atoms with Gasteiger partial charge in [-0.05, 0) is 38.3 Å². The molecule has 0 aliphatic carbocycles. The first kappa shape index (κ1) is 23.0. The molecular weight excluding hydrogens is 465 g/mol. The van der Waals surface area contributed by atoms with Crippen molar-refractivity contribution in [1.82, 2.24) is 10.6 Å². The molecule has 1 aliphatic rings. The zero-order valence-corrected chi connectivity index (χ0v) is 18.9. The van der Waals surface area contributed by atoms with Crippen LogP contribution in [-0.4, -0.2) is 51.6 Å². The molecule has 0 radical (unpaired) electrons. The number of hydrogen-bond acceptors (Lipinski definition) is 4. The van der Waals surface area contributed by atoms with Crippen LogP contribution in [0.2, 0.25) is 0 Å². The molecule has 2 rings (SSSR count). The van der Waals surface area contributed by atoms with E-state index < -0.39 is 9.84 Å². The van der Waals surface area contributed by atoms with Gasteiger partial charge in [-0.1, -0.05) is 18.2 Å². The fourth-order valence-electron chi connectivity index (χ4n) is 2.88. The molecule has 0 spiro atoms. The highest BCUT2D eigenvalue weighted by Gasteiger charge is 2.28. The standard InChI is InChI=1S/C18H29N3O3S.HI/c1-4-19-18(21-16-9-12-25(22,23)13-16)20-10-6-11-24-17-14(2)7-5-8-15(17)3;/h5,7-8,16H,4,6,9-13H2,1-3H3,(H2,19,20,21);1H. The van der Waals surface area contributed by atoms with Crippen molar-refractivity contribution >= 4 is 39.8 Å². The molecule has 1 saturated heterocycles. The molecule has 1 aromatic carbocycles. The van der Waals surface area contributed by atoms with Crippen molar-refractivity contribution in [2.24, 2.45) is 4.99 Å². The number of aliphatic imine (C=N–C) groups is 1. The average molecular weight is 495 g/mol. The van der Waals surface area contributed by atoms with Crippen LogP contribution in [0, 0.1) is 13.8 Å². The van der Waals surface area contributed by atoms with E-state index in [1.54, 1.807) is 0 Å². The summed E-state index contributed by atoms with van der Waals surface area (Å²) < 4.78 is 29.0. The lowest BCUT2D eigenvalue weighted by atomic mass is 10.1. The van der Waals surface area contributed by atoms with Crippen molar-refractivity contribution in [2.45, 2.75) is 39.7 Å². The molecule has 1 heterocycles. The molecular formula is C18H30IN3O3S. The first-order chi connectivity index (χ1) is 11.9. The number of guanidine groups is 1. The Bertz CT molecular complexity index is 687. The molecule has 1 fully saturated rings. The van der Waals surface area contributed by atoms with Crippen molar-refractivity contribution in [1.29, 1.82) is 0 Å². The summed E-state index contributed by atoms with van der Waals surface area (Å²) in [6.07, 6.45) is 1.44. The summed E-state index contributed by atoms with van der Waals surface area (Å²) in [5.41, 5.74) is 2.28. The topological polar surface area (TPSA) is 79.8 Å². The van der Waals surface area contributed by atoms with Gasteiger partial charge in [0.25, 0.3) is 0 Å². The predicted molar refractivity (Wildman–Crippen MR) is 118 cm³/mol. The number of para-hydroxylation sites is 1. The lowest BCUT2D eigenvalue weighted by molar-refractivity contribution is 0.309. The number of nitrogens with one attached hydrogen (secondary N) is 2. The zero-order valence-electron chi connectivity index (χ0n) is 15.7. The summed E-state index contributed by atoms with van der Waals surface area (Å²) in [4.78, 5) is 4.52. The highest BCUT2D eigenvalue weighted by Crippen LogP contribution is 2.22. The first-order valence-corrected chi connectivity index (χ1v) is 10.7. The Hall–Kier alpha value is -1.03. The van der Waals surface area contributed by atoms with Crippen LogP contribution in [-0.2, 0) is 9.84 Å². The Morgan fingerprint density at radius 2 is 2.00 bits per heavy atom. The van der Waals surface area contributed by atoms with Crippen LogP contribution in [0.3, 0.4) is 0 Å². The van der Waals surface area contributed by atoms with E-state index in [9.17, 15) is 8.42 Å². The van der Waals surface area contributed by atoms with E-state index >= 15 is 0 Å². The number of nitrogens with zero attached hydrogens (tertiary/aromatic N) is 1. The Labute approximate surface area is 174 Å². The van der Waals surface area contributed by atoms with E-state index in [0.29, 0.717) is 25.5 Å². The van der Waals surface area contributed by atoms with Crippen molar-refractivity contribution in [3.8, 4) is 5.75 Å². The minimum atomic E-state index is -2.89. The first-order valence-electron chi connectivity index (χ1n) is 8.85. The third-order valence-corrected chi connectivity index (χ3v) is 5.91. The Morgan fingerprint density at radius 3 is 2.58 bits per heavy atom. The van der Waals surface area contributed by atoms with E-state index in [1.807, 2.05) is 39.0 Å². The second kappa shape index (κ2) is 11.0. The predicted octanol–water partition coefficient (Wildman–Crippen LogP) is 2.43. The molecule has 0 bridgehead atoms. The van der Waals surface area contributed by atoms with Crippen LogP contribution in [0.15, 0.2) is 23.2 Å². The second-order valence-electron chi connectivity index (χ2n) is 6.43. The summed E-state index contributed by atoms with van der Waals surface area (Å²) in [5.74, 6) is 2.07. The van der Waals surface area contributed by atoms with Gasteiger partial charge in [0.2, 0.25) is 0 Å². The van der Waals surface area contributed by atoms with Gasteiger partial charge in [0.1, 0.15) is 5.75 Å². The average Bonchev–Trinajstić information content (AvgIpc) is 2.88. The lowest BCUT2D eigenvalue weighted by Gasteiger charge is -2.16. The molecule has 148 valence electrons. The Morgan fingerprint density at radius 1 is 1.31 bits per heavy atom. The lowest BCUT2D eigenvalue weighted by Crippen LogP contribution is -2.44. The molecule has 2 N–H and O–H groups in total. The smallest absolute Gasteiger partial charge is 0.191 e. The molecule has 1 atom stereocenters. The van der Waals surface area contributed by atoms with Crippen LogP contribution in [0.4, 0.5) is 0 Å². The number of halogens is 1. The van der Waals surface area contributed by atoms with Gasteiger partial charge in [-0.2, -0.15) is 0 Å². The van der Waals surface area contributed by atoms with E-state index in [2.05, 4.69) is 15.6 Å². The van der Waals surface area contributed by atoms with Crippen LogP contribution in [0.1, 0.15) is 30.9 Å². The highest BCUT2D eigenvalue weighted by atomic mass is 127. The molecule has 0 amide bonds. The molecule has 0 aromatic heterocycles. The van der Waals surface area contributed by atoms with Crippen molar-refractivity contribution in [2.75, 3.05) is 31.2 Å². The molecule has 8 heteroatoms. The van der Waals surface area contributed by atoms with Crippen molar-refractivity contribution in [3.63, 3.8) is 0 Å². The summed E-state index contributed by atoms with van der Waals surface area (Å²) in [6.45, 7) is 8.05. The van der Waals surface area contributed by atoms with E-state index in [1.165, 1.54) is 0 Å². The number of sulfone groups is 1.